The lowest BCUT2D eigenvalue weighted by atomic mass is 10.0. The van der Waals surface area contributed by atoms with Crippen molar-refractivity contribution in [3.05, 3.63) is 0 Å². The predicted molar refractivity (Wildman–Crippen MR) is 122 cm³/mol. The van der Waals surface area contributed by atoms with Crippen LogP contribution in [0.2, 0.25) is 0 Å². The van der Waals surface area contributed by atoms with Crippen LogP contribution >= 0.6 is 34.2 Å². The maximum absolute atomic E-state index is 10.9. The molecule has 3 heteroatoms. The van der Waals surface area contributed by atoms with E-state index in [1.807, 2.05) is 0 Å². The van der Waals surface area contributed by atoms with E-state index < -0.39 is 0 Å². The monoisotopic (exact) mass is 484 g/mol. The molecule has 0 aromatic heterocycles. The predicted octanol–water partition coefficient (Wildman–Crippen LogP) is 8.99. The van der Waals surface area contributed by atoms with Crippen LogP contribution in [-0.2, 0) is 4.79 Å². The first-order chi connectivity index (χ1) is 12.2. The molecule has 0 N–H and O–H groups in total. The summed E-state index contributed by atoms with van der Waals surface area (Å²) in [7, 11) is 0. The summed E-state index contributed by atoms with van der Waals surface area (Å²) in [6, 6.07) is 0. The molecule has 150 valence electrons. The van der Waals surface area contributed by atoms with Gasteiger partial charge >= 0.3 is 0 Å². The van der Waals surface area contributed by atoms with Crippen molar-refractivity contribution in [2.75, 3.05) is 0 Å². The molecule has 0 aliphatic heterocycles. The molecule has 0 radical (unpaired) electrons. The van der Waals surface area contributed by atoms with Crippen molar-refractivity contribution in [1.82, 2.24) is 0 Å². The van der Waals surface area contributed by atoms with Gasteiger partial charge in [-0.1, -0.05) is 145 Å². The zero-order chi connectivity index (χ0) is 18.6. The van der Waals surface area contributed by atoms with Gasteiger partial charge in [-0.05, 0) is 18.0 Å². The molecule has 0 saturated heterocycles. The van der Waals surface area contributed by atoms with E-state index in [9.17, 15) is 4.79 Å². The highest BCUT2D eigenvalue weighted by Crippen LogP contribution is 2.17. The smallest absolute Gasteiger partial charge is 0.234 e. The molecule has 0 bridgehead atoms. The molecule has 0 aliphatic rings. The van der Waals surface area contributed by atoms with Gasteiger partial charge < -0.3 is 0 Å². The van der Waals surface area contributed by atoms with E-state index in [1.165, 1.54) is 109 Å². The van der Waals surface area contributed by atoms with Crippen molar-refractivity contribution < 1.29 is 4.79 Å². The number of hydrogen-bond donors (Lipinski definition) is 0. The van der Waals surface area contributed by atoms with E-state index in [2.05, 4.69) is 29.5 Å². The Labute approximate surface area is 176 Å². The van der Waals surface area contributed by atoms with Gasteiger partial charge in [-0.2, -0.15) is 0 Å². The Bertz CT molecular complexity index is 283. The van der Waals surface area contributed by atoms with Gasteiger partial charge in [-0.25, -0.2) is 0 Å². The lowest BCUT2D eigenvalue weighted by Gasteiger charge is -2.05. The van der Waals surface area contributed by atoms with E-state index in [-0.39, 0.29) is 9.17 Å². The summed E-state index contributed by atoms with van der Waals surface area (Å²) < 4.78 is 0.0142. The fourth-order valence-corrected chi connectivity index (χ4v) is 3.89. The second-order valence-electron chi connectivity index (χ2n) is 7.57. The van der Waals surface area contributed by atoms with Crippen molar-refractivity contribution in [3.8, 4) is 0 Å². The minimum atomic E-state index is -0.187. The summed E-state index contributed by atoms with van der Waals surface area (Å²) in [5, 5.41) is -0.187. The van der Waals surface area contributed by atoms with Crippen LogP contribution in [0, 0.1) is 0 Å². The average Bonchev–Trinajstić information content (AvgIpc) is 2.60. The largest absolute Gasteiger partial charge is 0.280 e. The molecule has 0 amide bonds. The van der Waals surface area contributed by atoms with Gasteiger partial charge in [0.25, 0.3) is 0 Å². The van der Waals surface area contributed by atoms with Crippen molar-refractivity contribution in [2.45, 2.75) is 133 Å². The Hall–Kier alpha value is 0.690. The van der Waals surface area contributed by atoms with Crippen LogP contribution in [-0.4, -0.2) is 9.17 Å². The molecule has 0 heterocycles. The molecule has 25 heavy (non-hydrogen) atoms. The Kier molecular flexibility index (Phi) is 21.6. The first kappa shape index (κ1) is 25.7. The molecule has 0 aromatic rings. The van der Waals surface area contributed by atoms with Gasteiger partial charge in [0, 0.05) is 0 Å². The fraction of sp³-hybridized carbons (Fsp3) is 0.955. The Morgan fingerprint density at radius 1 is 0.640 bits per heavy atom. The minimum Gasteiger partial charge on any atom is -0.280 e. The Morgan fingerprint density at radius 2 is 0.920 bits per heavy atom. The second kappa shape index (κ2) is 21.0. The molecule has 0 rings (SSSR count). The number of carbonyl (C=O) groups excluding carboxylic acids is 1. The van der Waals surface area contributed by atoms with Crippen molar-refractivity contribution in [2.24, 2.45) is 0 Å². The fourth-order valence-electron chi connectivity index (χ4n) is 3.34. The van der Waals surface area contributed by atoms with Crippen LogP contribution in [0.25, 0.3) is 0 Å². The summed E-state index contributed by atoms with van der Waals surface area (Å²) in [5.41, 5.74) is 0. The number of carbonyl (C=O) groups is 1. The molecule has 0 saturated carbocycles. The molecule has 1 nitrogen and oxygen atoms in total. The van der Waals surface area contributed by atoms with Crippen LogP contribution in [0.1, 0.15) is 129 Å². The maximum atomic E-state index is 10.9. The summed E-state index contributed by atoms with van der Waals surface area (Å²) >= 11 is 7.62. The molecule has 1 atom stereocenters. The van der Waals surface area contributed by atoms with E-state index in [1.54, 1.807) is 0 Å². The highest BCUT2D eigenvalue weighted by atomic mass is 127. The highest BCUT2D eigenvalue weighted by Gasteiger charge is 2.10. The van der Waals surface area contributed by atoms with Gasteiger partial charge in [-0.3, -0.25) is 4.79 Å². The molecular formula is C22H42ClIO. The summed E-state index contributed by atoms with van der Waals surface area (Å²) in [4.78, 5) is 10.9. The lowest BCUT2D eigenvalue weighted by molar-refractivity contribution is -0.111. The summed E-state index contributed by atoms with van der Waals surface area (Å²) in [5.74, 6) is 0. The standard InChI is InChI=1S/C22H42ClIO/c1-2-3-4-5-6-7-8-9-10-11-12-13-14-15-16-17-18-19-20-21(24)22(23)25/h21H,2-20H2,1H3. The lowest BCUT2D eigenvalue weighted by Crippen LogP contribution is -2.05. The molecule has 0 spiro atoms. The number of unbranched alkanes of at least 4 members (excludes halogenated alkanes) is 17. The normalized spacial score (nSPS) is 12.4. The number of alkyl halides is 1. The Morgan fingerprint density at radius 3 is 1.20 bits per heavy atom. The molecule has 0 aromatic carbocycles. The van der Waals surface area contributed by atoms with Gasteiger partial charge in [0.1, 0.15) is 0 Å². The zero-order valence-electron chi connectivity index (χ0n) is 16.7. The maximum Gasteiger partial charge on any atom is 0.234 e. The first-order valence-electron chi connectivity index (χ1n) is 11.0. The van der Waals surface area contributed by atoms with Crippen LogP contribution in [0.3, 0.4) is 0 Å². The van der Waals surface area contributed by atoms with Crippen LogP contribution in [0.4, 0.5) is 0 Å². The van der Waals surface area contributed by atoms with E-state index in [0.717, 1.165) is 12.8 Å². The quantitative estimate of drug-likeness (QED) is 0.0729. The zero-order valence-corrected chi connectivity index (χ0v) is 19.6. The average molecular weight is 485 g/mol. The molecule has 0 aliphatic carbocycles. The topological polar surface area (TPSA) is 17.1 Å². The van der Waals surface area contributed by atoms with Gasteiger partial charge in [0.05, 0.1) is 3.92 Å². The van der Waals surface area contributed by atoms with Gasteiger partial charge in [0.15, 0.2) is 0 Å². The van der Waals surface area contributed by atoms with Crippen LogP contribution < -0.4 is 0 Å². The van der Waals surface area contributed by atoms with Gasteiger partial charge in [0.2, 0.25) is 5.24 Å². The van der Waals surface area contributed by atoms with Gasteiger partial charge in [-0.15, -0.1) is 0 Å². The van der Waals surface area contributed by atoms with Crippen molar-refractivity contribution in [1.29, 1.82) is 0 Å². The Balaban J connectivity index is 3.04. The number of hydrogen-bond acceptors (Lipinski definition) is 1. The third-order valence-electron chi connectivity index (χ3n) is 5.06. The van der Waals surface area contributed by atoms with E-state index in [4.69, 9.17) is 11.6 Å². The van der Waals surface area contributed by atoms with E-state index in [0.29, 0.717) is 0 Å². The third-order valence-corrected chi connectivity index (χ3v) is 6.88. The second-order valence-corrected chi connectivity index (χ2v) is 9.45. The van der Waals surface area contributed by atoms with Crippen molar-refractivity contribution in [3.63, 3.8) is 0 Å². The van der Waals surface area contributed by atoms with Crippen molar-refractivity contribution >= 4 is 39.4 Å². The molecular weight excluding hydrogens is 443 g/mol. The first-order valence-corrected chi connectivity index (χ1v) is 12.6. The highest BCUT2D eigenvalue weighted by molar-refractivity contribution is 14.1. The van der Waals surface area contributed by atoms with Crippen LogP contribution in [0.5, 0.6) is 0 Å². The van der Waals surface area contributed by atoms with E-state index >= 15 is 0 Å². The third kappa shape index (κ3) is 20.9. The molecule has 1 unspecified atom stereocenters. The summed E-state index contributed by atoms with van der Waals surface area (Å²) in [6.45, 7) is 2.29. The number of rotatable bonds is 20. The minimum absolute atomic E-state index is 0.0142. The SMILES string of the molecule is CCCCCCCCCCCCCCCCCCCCC(I)C(=O)Cl. The summed E-state index contributed by atoms with van der Waals surface area (Å²) in [6.07, 6.45) is 26.1. The molecule has 0 fully saturated rings. The van der Waals surface area contributed by atoms with Crippen LogP contribution in [0.15, 0.2) is 0 Å². The number of halogens is 2.